The van der Waals surface area contributed by atoms with Gasteiger partial charge in [-0.2, -0.15) is 0 Å². The van der Waals surface area contributed by atoms with Gasteiger partial charge in [0.1, 0.15) is 23.0 Å². The zero-order valence-electron chi connectivity index (χ0n) is 15.4. The molecule has 2 aliphatic rings. The van der Waals surface area contributed by atoms with Crippen LogP contribution in [0.3, 0.4) is 0 Å². The number of hydrogen-bond donors (Lipinski definition) is 2. The number of fused-ring (bicyclic) bond motifs is 6. The summed E-state index contributed by atoms with van der Waals surface area (Å²) in [5.41, 5.74) is 1.28. The third-order valence-electron chi connectivity index (χ3n) is 4.68. The van der Waals surface area contributed by atoms with Crippen molar-refractivity contribution < 1.29 is 60.9 Å². The number of aromatic hydroxyl groups is 2. The second kappa shape index (κ2) is 6.58. The first-order valence-corrected chi connectivity index (χ1v) is 7.77. The van der Waals surface area contributed by atoms with Gasteiger partial charge in [0.05, 0.1) is 5.56 Å². The average molecular weight is 374 g/mol. The molecule has 2 heterocycles. The summed E-state index contributed by atoms with van der Waals surface area (Å²) >= 11 is 0. The molecule has 27 heavy (non-hydrogen) atoms. The summed E-state index contributed by atoms with van der Waals surface area (Å²) in [5.74, 6) is 0.408. The van der Waals surface area contributed by atoms with Crippen molar-refractivity contribution in [1.82, 2.24) is 0 Å². The van der Waals surface area contributed by atoms with Crippen molar-refractivity contribution >= 4 is 5.97 Å². The van der Waals surface area contributed by atoms with Gasteiger partial charge in [0.2, 0.25) is 0 Å². The molecule has 0 radical (unpaired) electrons. The fourth-order valence-corrected chi connectivity index (χ4v) is 3.65. The zero-order chi connectivity index (χ0) is 17.2. The Morgan fingerprint density at radius 3 is 1.96 bits per heavy atom. The molecule has 7 heteroatoms. The number of benzene rings is 3. The standard InChI is InChI=1S/C20H12O5.Na.H2O.H/c21-11-5-7-15-17(9-11)24-18-10-12(22)6-8-16(18)20(15)14-4-2-1-3-13(14)19(23)25-20;;;/h1-10,21-22H;;1H2;/q;+1;;-1. The second-order valence-corrected chi connectivity index (χ2v) is 6.08. The second-order valence-electron chi connectivity index (χ2n) is 6.08. The SMILES string of the molecule is O.O=C1OC2(c3ccc(O)cc3Oc3cc(O)ccc32)c2ccccc21.[H-].[Na+]. The van der Waals surface area contributed by atoms with Crippen LogP contribution >= 0.6 is 0 Å². The minimum Gasteiger partial charge on any atom is -1.00 e. The number of carbonyl (C=O) groups excluding carboxylic acids is 1. The smallest absolute Gasteiger partial charge is 1.00 e. The van der Waals surface area contributed by atoms with Gasteiger partial charge in [0.25, 0.3) is 0 Å². The van der Waals surface area contributed by atoms with Crippen LogP contribution in [0.1, 0.15) is 28.5 Å². The number of rotatable bonds is 0. The van der Waals surface area contributed by atoms with Gasteiger partial charge in [-0.25, -0.2) is 4.79 Å². The number of esters is 1. The van der Waals surface area contributed by atoms with Crippen molar-refractivity contribution in [3.63, 3.8) is 0 Å². The third-order valence-corrected chi connectivity index (χ3v) is 4.68. The molecule has 1 spiro atoms. The Hall–Kier alpha value is -2.51. The van der Waals surface area contributed by atoms with Crippen LogP contribution in [0.25, 0.3) is 0 Å². The molecule has 4 N–H and O–H groups in total. The van der Waals surface area contributed by atoms with Crippen LogP contribution in [-0.4, -0.2) is 21.7 Å². The van der Waals surface area contributed by atoms with E-state index in [-0.39, 0.29) is 48.0 Å². The third kappa shape index (κ3) is 2.53. The largest absolute Gasteiger partial charge is 1.00 e. The van der Waals surface area contributed by atoms with E-state index < -0.39 is 11.6 Å². The predicted octanol–water partition coefficient (Wildman–Crippen LogP) is -0.0424. The van der Waals surface area contributed by atoms with Gasteiger partial charge in [0.15, 0.2) is 5.60 Å². The minimum absolute atomic E-state index is 0. The molecule has 0 fully saturated rings. The maximum Gasteiger partial charge on any atom is 1.00 e. The molecule has 3 aromatic carbocycles. The van der Waals surface area contributed by atoms with Gasteiger partial charge in [-0.3, -0.25) is 0 Å². The number of ether oxygens (including phenoxy) is 2. The summed E-state index contributed by atoms with van der Waals surface area (Å²) in [6.07, 6.45) is 0. The molecule has 0 atom stereocenters. The maximum atomic E-state index is 12.5. The van der Waals surface area contributed by atoms with E-state index in [1.165, 1.54) is 24.3 Å². The van der Waals surface area contributed by atoms with Crippen molar-refractivity contribution in [3.05, 3.63) is 82.9 Å². The Kier molecular flexibility index (Phi) is 4.69. The van der Waals surface area contributed by atoms with Crippen molar-refractivity contribution in [3.8, 4) is 23.0 Å². The predicted molar refractivity (Wildman–Crippen MR) is 92.8 cm³/mol. The molecule has 0 unspecified atom stereocenters. The van der Waals surface area contributed by atoms with Crippen molar-refractivity contribution in [2.24, 2.45) is 0 Å². The van der Waals surface area contributed by atoms with E-state index in [1.54, 1.807) is 24.3 Å². The molecule has 5 rings (SSSR count). The molecule has 0 bridgehead atoms. The molecule has 2 aliphatic heterocycles. The molecular formula is C20H15NaO6. The summed E-state index contributed by atoms with van der Waals surface area (Å²) in [6.45, 7) is 0. The minimum atomic E-state index is -1.17. The van der Waals surface area contributed by atoms with Crippen LogP contribution in [-0.2, 0) is 10.3 Å². The fraction of sp³-hybridized carbons (Fsp3) is 0.0500. The Bertz CT molecular complexity index is 1020. The first kappa shape index (κ1) is 19.3. The molecule has 0 aliphatic carbocycles. The summed E-state index contributed by atoms with van der Waals surface area (Å²) in [5, 5.41) is 19.7. The van der Waals surface area contributed by atoms with Gasteiger partial charge in [-0.1, -0.05) is 18.2 Å². The first-order chi connectivity index (χ1) is 12.1. The van der Waals surface area contributed by atoms with Gasteiger partial charge in [-0.15, -0.1) is 0 Å². The normalized spacial score (nSPS) is 14.6. The molecule has 6 nitrogen and oxygen atoms in total. The Balaban J connectivity index is 0.000000934. The van der Waals surface area contributed by atoms with Crippen LogP contribution in [0, 0.1) is 0 Å². The van der Waals surface area contributed by atoms with Crippen LogP contribution in [0.5, 0.6) is 23.0 Å². The van der Waals surface area contributed by atoms with Crippen LogP contribution in [0.4, 0.5) is 0 Å². The zero-order valence-corrected chi connectivity index (χ0v) is 16.4. The van der Waals surface area contributed by atoms with E-state index in [0.29, 0.717) is 33.8 Å². The number of phenolic OH excluding ortho intramolecular Hbond substituents is 2. The van der Waals surface area contributed by atoms with E-state index >= 15 is 0 Å². The van der Waals surface area contributed by atoms with Crippen molar-refractivity contribution in [1.29, 1.82) is 0 Å². The fourth-order valence-electron chi connectivity index (χ4n) is 3.65. The monoisotopic (exact) mass is 374 g/mol. The van der Waals surface area contributed by atoms with Crippen LogP contribution < -0.4 is 34.3 Å². The molecule has 0 saturated heterocycles. The Morgan fingerprint density at radius 1 is 0.815 bits per heavy atom. The van der Waals surface area contributed by atoms with Gasteiger partial charge >= 0.3 is 35.5 Å². The Morgan fingerprint density at radius 2 is 1.37 bits per heavy atom. The summed E-state index contributed by atoms with van der Waals surface area (Å²) in [4.78, 5) is 12.5. The number of carbonyl (C=O) groups is 1. The van der Waals surface area contributed by atoms with Crippen LogP contribution in [0.2, 0.25) is 0 Å². The summed E-state index contributed by atoms with van der Waals surface area (Å²) in [6, 6.07) is 16.6. The van der Waals surface area contributed by atoms with E-state index in [0.717, 1.165) is 0 Å². The Labute approximate surface area is 178 Å². The van der Waals surface area contributed by atoms with Crippen molar-refractivity contribution in [2.45, 2.75) is 5.60 Å². The molecule has 132 valence electrons. The number of hydrogen-bond acceptors (Lipinski definition) is 5. The number of phenols is 2. The van der Waals surface area contributed by atoms with Gasteiger partial charge < -0.3 is 26.6 Å². The summed E-state index contributed by atoms with van der Waals surface area (Å²) in [7, 11) is 0. The van der Waals surface area contributed by atoms with E-state index in [9.17, 15) is 15.0 Å². The average Bonchev–Trinajstić information content (AvgIpc) is 2.88. The molecule has 0 amide bonds. The van der Waals surface area contributed by atoms with Crippen LogP contribution in [0.15, 0.2) is 60.7 Å². The van der Waals surface area contributed by atoms with E-state index in [1.807, 2.05) is 12.1 Å². The summed E-state index contributed by atoms with van der Waals surface area (Å²) < 4.78 is 11.8. The molecular weight excluding hydrogens is 359 g/mol. The molecule has 0 saturated carbocycles. The topological polar surface area (TPSA) is 107 Å². The van der Waals surface area contributed by atoms with Crippen molar-refractivity contribution in [2.75, 3.05) is 0 Å². The van der Waals surface area contributed by atoms with Gasteiger partial charge in [-0.05, 0) is 30.3 Å². The van der Waals surface area contributed by atoms with E-state index in [2.05, 4.69) is 0 Å². The first-order valence-electron chi connectivity index (χ1n) is 7.77. The van der Waals surface area contributed by atoms with Gasteiger partial charge in [0, 0.05) is 28.8 Å². The van der Waals surface area contributed by atoms with E-state index in [4.69, 9.17) is 9.47 Å². The maximum absolute atomic E-state index is 12.5. The molecule has 3 aromatic rings. The molecule has 0 aromatic heterocycles. The quantitative estimate of drug-likeness (QED) is 0.424.